The molecule has 0 aliphatic heterocycles. The van der Waals surface area contributed by atoms with Gasteiger partial charge in [0.25, 0.3) is 5.91 Å². The molecule has 8 heteroatoms. The van der Waals surface area contributed by atoms with Crippen LogP contribution in [0.5, 0.6) is 0 Å². The van der Waals surface area contributed by atoms with Gasteiger partial charge in [0.15, 0.2) is 0 Å². The number of nitrogens with one attached hydrogen (secondary N) is 3. The maximum absolute atomic E-state index is 12.7. The largest absolute Gasteiger partial charge is 0.354 e. The van der Waals surface area contributed by atoms with E-state index in [1.54, 1.807) is 49.4 Å². The minimum atomic E-state index is -0.728. The van der Waals surface area contributed by atoms with Gasteiger partial charge in [-0.25, -0.2) is 0 Å². The molecule has 0 bridgehead atoms. The molecule has 0 unspecified atom stereocenters. The third-order valence-electron chi connectivity index (χ3n) is 5.51. The molecule has 0 atom stereocenters. The van der Waals surface area contributed by atoms with E-state index in [1.807, 2.05) is 0 Å². The number of hydrogen-bond acceptors (Lipinski definition) is 4. The van der Waals surface area contributed by atoms with E-state index < -0.39 is 5.91 Å². The Balaban J connectivity index is 1.89. The molecule has 0 spiro atoms. The van der Waals surface area contributed by atoms with Crippen LogP contribution in [0.4, 0.5) is 5.69 Å². The van der Waals surface area contributed by atoms with Crippen LogP contribution in [-0.4, -0.2) is 17.5 Å². The maximum Gasteiger partial charge on any atom is 0.276 e. The highest BCUT2D eigenvalue weighted by Crippen LogP contribution is 2.30. The number of halogens is 3. The zero-order chi connectivity index (χ0) is 23.3. The molecule has 2 aromatic carbocycles. The van der Waals surface area contributed by atoms with Crippen molar-refractivity contribution in [3.8, 4) is 0 Å². The van der Waals surface area contributed by atoms with Gasteiger partial charge in [0.1, 0.15) is 5.71 Å². The average molecular weight is 493 g/mol. The van der Waals surface area contributed by atoms with E-state index in [2.05, 4.69) is 10.6 Å². The fraction of sp³-hybridized carbons (Fsp3) is 0.292. The summed E-state index contributed by atoms with van der Waals surface area (Å²) in [6.07, 6.45) is 4.62. The highest BCUT2D eigenvalue weighted by molar-refractivity contribution is 6.47. The van der Waals surface area contributed by atoms with Gasteiger partial charge in [0, 0.05) is 21.5 Å². The fourth-order valence-electron chi connectivity index (χ4n) is 3.66. The number of carbonyl (C=O) groups excluding carboxylic acids is 2. The minimum Gasteiger partial charge on any atom is -0.354 e. The summed E-state index contributed by atoms with van der Waals surface area (Å²) in [4.78, 5) is 25.2. The van der Waals surface area contributed by atoms with Crippen LogP contribution in [0, 0.1) is 11.3 Å². The van der Waals surface area contributed by atoms with Crippen molar-refractivity contribution in [2.24, 2.45) is 5.92 Å². The minimum absolute atomic E-state index is 0.175. The molecule has 168 valence electrons. The second-order valence-corrected chi connectivity index (χ2v) is 9.06. The van der Waals surface area contributed by atoms with Crippen LogP contribution >= 0.6 is 34.8 Å². The van der Waals surface area contributed by atoms with Crippen LogP contribution in [-0.2, 0) is 9.59 Å². The smallest absolute Gasteiger partial charge is 0.276 e. The number of anilines is 1. The van der Waals surface area contributed by atoms with Gasteiger partial charge in [-0.15, -0.1) is 0 Å². The lowest BCUT2D eigenvalue weighted by atomic mass is 9.88. The molecule has 32 heavy (non-hydrogen) atoms. The van der Waals surface area contributed by atoms with Crippen molar-refractivity contribution >= 4 is 63.7 Å². The highest BCUT2D eigenvalue weighted by atomic mass is 35.5. The Bertz CT molecular complexity index is 1060. The molecule has 2 amide bonds. The van der Waals surface area contributed by atoms with E-state index in [0.717, 1.165) is 32.1 Å². The monoisotopic (exact) mass is 491 g/mol. The maximum atomic E-state index is 12.7. The van der Waals surface area contributed by atoms with E-state index in [0.29, 0.717) is 37.6 Å². The number of amides is 2. The Labute approximate surface area is 202 Å². The first kappa shape index (κ1) is 24.3. The van der Waals surface area contributed by atoms with Crippen LogP contribution in [0.25, 0.3) is 5.70 Å². The highest BCUT2D eigenvalue weighted by Gasteiger charge is 2.25. The van der Waals surface area contributed by atoms with Gasteiger partial charge in [-0.2, -0.15) is 0 Å². The van der Waals surface area contributed by atoms with Gasteiger partial charge in [0.2, 0.25) is 5.91 Å². The lowest BCUT2D eigenvalue weighted by Crippen LogP contribution is -2.40. The molecule has 1 saturated carbocycles. The summed E-state index contributed by atoms with van der Waals surface area (Å²) in [7, 11) is 0. The molecular formula is C24H24Cl3N3O2. The molecule has 5 nitrogen and oxygen atoms in total. The third-order valence-corrected chi connectivity index (χ3v) is 6.31. The molecule has 0 saturated heterocycles. The first-order valence-electron chi connectivity index (χ1n) is 10.4. The van der Waals surface area contributed by atoms with Gasteiger partial charge < -0.3 is 5.32 Å². The van der Waals surface area contributed by atoms with Crippen molar-refractivity contribution in [3.05, 3.63) is 68.7 Å². The SMILES string of the molecule is C/C(C(=N)C(=O)NC(=O)C1CCCCC1)=C(/Nc1ccc(Cl)cc1Cl)c1ccc(Cl)cc1. The molecule has 1 fully saturated rings. The summed E-state index contributed by atoms with van der Waals surface area (Å²) in [6, 6.07) is 12.0. The van der Waals surface area contributed by atoms with E-state index >= 15 is 0 Å². The van der Waals surface area contributed by atoms with Crippen molar-refractivity contribution in [2.45, 2.75) is 39.0 Å². The number of benzene rings is 2. The van der Waals surface area contributed by atoms with Gasteiger partial charge >= 0.3 is 0 Å². The normalized spacial score (nSPS) is 15.0. The van der Waals surface area contributed by atoms with Crippen molar-refractivity contribution < 1.29 is 9.59 Å². The molecule has 0 radical (unpaired) electrons. The topological polar surface area (TPSA) is 82.1 Å². The average Bonchev–Trinajstić information content (AvgIpc) is 2.79. The second-order valence-electron chi connectivity index (χ2n) is 7.78. The van der Waals surface area contributed by atoms with Crippen LogP contribution in [0.3, 0.4) is 0 Å². The van der Waals surface area contributed by atoms with Gasteiger partial charge in [-0.05, 0) is 55.7 Å². The molecule has 1 aliphatic rings. The third kappa shape index (κ3) is 6.12. The van der Waals surface area contributed by atoms with Gasteiger partial charge in [-0.1, -0.05) is 66.2 Å². The first-order valence-corrected chi connectivity index (χ1v) is 11.5. The van der Waals surface area contributed by atoms with E-state index in [4.69, 9.17) is 40.2 Å². The van der Waals surface area contributed by atoms with Crippen molar-refractivity contribution in [3.63, 3.8) is 0 Å². The zero-order valence-electron chi connectivity index (χ0n) is 17.6. The van der Waals surface area contributed by atoms with Crippen molar-refractivity contribution in [1.29, 1.82) is 5.41 Å². The molecular weight excluding hydrogens is 469 g/mol. The zero-order valence-corrected chi connectivity index (χ0v) is 19.9. The molecule has 3 N–H and O–H groups in total. The van der Waals surface area contributed by atoms with Crippen LogP contribution < -0.4 is 10.6 Å². The molecule has 3 rings (SSSR count). The molecule has 0 heterocycles. The summed E-state index contributed by atoms with van der Waals surface area (Å²) in [5.74, 6) is -1.21. The van der Waals surface area contributed by atoms with Gasteiger partial charge in [0.05, 0.1) is 16.4 Å². The lowest BCUT2D eigenvalue weighted by Gasteiger charge is -2.21. The second kappa shape index (κ2) is 11.0. The molecule has 0 aromatic heterocycles. The summed E-state index contributed by atoms with van der Waals surface area (Å²) in [5, 5.41) is 15.5. The standard InChI is InChI=1S/C24H24Cl3N3O2/c1-14(21(28)24(32)30-23(31)16-5-3-2-4-6-16)22(15-7-9-17(25)10-8-15)29-20-12-11-18(26)13-19(20)27/h7-13,16,28-29H,2-6H2,1H3,(H,30,31,32)/b22-14-,28-21?. The lowest BCUT2D eigenvalue weighted by molar-refractivity contribution is -0.130. The summed E-state index contributed by atoms with van der Waals surface area (Å²) in [6.45, 7) is 1.65. The quantitative estimate of drug-likeness (QED) is 0.391. The Morgan fingerprint density at radius 1 is 0.938 bits per heavy atom. The van der Waals surface area contributed by atoms with Crippen molar-refractivity contribution in [2.75, 3.05) is 5.32 Å². The Hall–Kier alpha value is -2.34. The Kier molecular flexibility index (Phi) is 8.35. The van der Waals surface area contributed by atoms with Crippen LogP contribution in [0.15, 0.2) is 48.0 Å². The van der Waals surface area contributed by atoms with Gasteiger partial charge in [-0.3, -0.25) is 20.3 Å². The predicted molar refractivity (Wildman–Crippen MR) is 132 cm³/mol. The predicted octanol–water partition coefficient (Wildman–Crippen LogP) is 6.73. The van der Waals surface area contributed by atoms with Crippen molar-refractivity contribution in [1.82, 2.24) is 5.32 Å². The Morgan fingerprint density at radius 2 is 1.56 bits per heavy atom. The first-order chi connectivity index (χ1) is 15.3. The Morgan fingerprint density at radius 3 is 2.19 bits per heavy atom. The van der Waals surface area contributed by atoms with Crippen LogP contribution in [0.2, 0.25) is 15.1 Å². The fourth-order valence-corrected chi connectivity index (χ4v) is 4.24. The number of imide groups is 1. The summed E-state index contributed by atoms with van der Waals surface area (Å²) < 4.78 is 0. The summed E-state index contributed by atoms with van der Waals surface area (Å²) in [5.41, 5.74) is 1.81. The number of hydrogen-bond donors (Lipinski definition) is 3. The summed E-state index contributed by atoms with van der Waals surface area (Å²) >= 11 is 18.3. The van der Waals surface area contributed by atoms with E-state index in [9.17, 15) is 9.59 Å². The molecule has 1 aliphatic carbocycles. The van der Waals surface area contributed by atoms with E-state index in [1.165, 1.54) is 0 Å². The van der Waals surface area contributed by atoms with E-state index in [-0.39, 0.29) is 17.5 Å². The number of carbonyl (C=O) groups is 2. The molecule has 2 aromatic rings. The number of rotatable bonds is 6. The van der Waals surface area contributed by atoms with Crippen LogP contribution in [0.1, 0.15) is 44.6 Å².